The third-order valence-corrected chi connectivity index (χ3v) is 7.42. The Morgan fingerprint density at radius 2 is 0.524 bits per heavy atom. The molecule has 0 aliphatic rings. The third kappa shape index (κ3) is 5.01. The molecule has 0 heteroatoms. The van der Waals surface area contributed by atoms with E-state index < -0.39 is 0 Å². The van der Waals surface area contributed by atoms with Crippen molar-refractivity contribution in [3.8, 4) is 35.5 Å². The van der Waals surface area contributed by atoms with E-state index in [9.17, 15) is 0 Å². The molecule has 0 atom stereocenters. The van der Waals surface area contributed by atoms with E-state index in [1.54, 1.807) is 0 Å². The van der Waals surface area contributed by atoms with Crippen LogP contribution in [0, 0.1) is 35.5 Å². The molecular weight excluding hydrogens is 504 g/mol. The van der Waals surface area contributed by atoms with Gasteiger partial charge in [0.15, 0.2) is 0 Å². The van der Waals surface area contributed by atoms with Crippen LogP contribution in [0.15, 0.2) is 146 Å². The molecule has 0 saturated heterocycles. The average molecular weight is 529 g/mol. The highest BCUT2D eigenvalue weighted by Crippen LogP contribution is 2.21. The minimum atomic E-state index is 0.839. The van der Waals surface area contributed by atoms with Gasteiger partial charge in [-0.25, -0.2) is 0 Å². The molecule has 0 amide bonds. The van der Waals surface area contributed by atoms with Gasteiger partial charge in [0.25, 0.3) is 0 Å². The van der Waals surface area contributed by atoms with Crippen LogP contribution in [0.5, 0.6) is 0 Å². The maximum Gasteiger partial charge on any atom is 0.0562 e. The van der Waals surface area contributed by atoms with Crippen LogP contribution in [0.3, 0.4) is 0 Å². The maximum atomic E-state index is 3.48. The molecule has 0 bridgehead atoms. The standard InChI is InChI=1S/C42H24/c1-4-22-39-31(11-1)14-7-17-34(39)25-27-36-19-10-20-37(28-26-35-18-8-15-32-12-2-5-23-40(32)35)42(36)30-29-38-21-9-16-33-13-3-6-24-41(33)38/h1-24H. The number of benzene rings is 7. The van der Waals surface area contributed by atoms with Crippen LogP contribution in [0.25, 0.3) is 32.3 Å². The van der Waals surface area contributed by atoms with Crippen molar-refractivity contribution in [1.82, 2.24) is 0 Å². The van der Waals surface area contributed by atoms with Crippen molar-refractivity contribution in [3.05, 3.63) is 179 Å². The minimum Gasteiger partial charge on any atom is -0.0616 e. The van der Waals surface area contributed by atoms with E-state index in [4.69, 9.17) is 0 Å². The SMILES string of the molecule is C(#Cc1cccc2ccccc12)c1cccc(C#Cc2cccc3ccccc23)c1C#Cc1cccc2ccccc12. The van der Waals surface area contributed by atoms with E-state index in [-0.39, 0.29) is 0 Å². The molecule has 7 rings (SSSR count). The maximum absolute atomic E-state index is 3.48. The number of rotatable bonds is 0. The normalized spacial score (nSPS) is 10.3. The third-order valence-electron chi connectivity index (χ3n) is 7.42. The lowest BCUT2D eigenvalue weighted by Gasteiger charge is -2.03. The Morgan fingerprint density at radius 3 is 0.952 bits per heavy atom. The summed E-state index contributed by atoms with van der Waals surface area (Å²) in [4.78, 5) is 0. The Kier molecular flexibility index (Phi) is 6.69. The predicted octanol–water partition coefficient (Wildman–Crippen LogP) is 9.35. The first-order chi connectivity index (χ1) is 20.8. The van der Waals surface area contributed by atoms with Crippen molar-refractivity contribution in [2.75, 3.05) is 0 Å². The summed E-state index contributed by atoms with van der Waals surface area (Å²) in [6.45, 7) is 0. The second kappa shape index (κ2) is 11.2. The molecule has 7 aromatic rings. The number of hydrogen-bond donors (Lipinski definition) is 0. The van der Waals surface area contributed by atoms with Crippen LogP contribution in [0.1, 0.15) is 33.4 Å². The van der Waals surface area contributed by atoms with Gasteiger partial charge >= 0.3 is 0 Å². The number of hydrogen-bond acceptors (Lipinski definition) is 0. The first-order valence-electron chi connectivity index (χ1n) is 14.0. The lowest BCUT2D eigenvalue weighted by molar-refractivity contribution is 1.54. The van der Waals surface area contributed by atoms with Gasteiger partial charge in [-0.2, -0.15) is 0 Å². The molecule has 0 spiro atoms. The van der Waals surface area contributed by atoms with Gasteiger partial charge in [0.1, 0.15) is 0 Å². The second-order valence-electron chi connectivity index (χ2n) is 10.1. The Bertz CT molecular complexity index is 2190. The van der Waals surface area contributed by atoms with E-state index in [0.717, 1.165) is 49.5 Å². The fraction of sp³-hybridized carbons (Fsp3) is 0. The zero-order valence-electron chi connectivity index (χ0n) is 22.9. The van der Waals surface area contributed by atoms with Crippen molar-refractivity contribution in [2.24, 2.45) is 0 Å². The van der Waals surface area contributed by atoms with Crippen molar-refractivity contribution >= 4 is 32.3 Å². The molecular formula is C42H24. The lowest BCUT2D eigenvalue weighted by Crippen LogP contribution is -1.91. The van der Waals surface area contributed by atoms with E-state index in [0.29, 0.717) is 0 Å². The molecule has 0 aromatic heterocycles. The van der Waals surface area contributed by atoms with Gasteiger partial charge in [0.2, 0.25) is 0 Å². The van der Waals surface area contributed by atoms with Crippen molar-refractivity contribution < 1.29 is 0 Å². The Balaban J connectivity index is 1.39. The van der Waals surface area contributed by atoms with Crippen LogP contribution in [-0.2, 0) is 0 Å². The Morgan fingerprint density at radius 1 is 0.238 bits per heavy atom. The van der Waals surface area contributed by atoms with Crippen molar-refractivity contribution in [1.29, 1.82) is 0 Å². The topological polar surface area (TPSA) is 0 Å². The van der Waals surface area contributed by atoms with Gasteiger partial charge in [0.05, 0.1) is 5.56 Å². The van der Waals surface area contributed by atoms with Gasteiger partial charge in [-0.1, -0.05) is 151 Å². The van der Waals surface area contributed by atoms with Crippen LogP contribution < -0.4 is 0 Å². The van der Waals surface area contributed by atoms with Gasteiger partial charge in [-0.15, -0.1) is 0 Å². The highest BCUT2D eigenvalue weighted by Gasteiger charge is 2.05. The monoisotopic (exact) mass is 528 g/mol. The first kappa shape index (κ1) is 25.0. The minimum absolute atomic E-state index is 0.839. The molecule has 0 radical (unpaired) electrons. The van der Waals surface area contributed by atoms with Crippen molar-refractivity contribution in [2.45, 2.75) is 0 Å². The summed E-state index contributed by atoms with van der Waals surface area (Å²) < 4.78 is 0. The number of fused-ring (bicyclic) bond motifs is 3. The molecule has 0 aliphatic carbocycles. The van der Waals surface area contributed by atoms with E-state index in [2.05, 4.69) is 163 Å². The van der Waals surface area contributed by atoms with Gasteiger partial charge in [-0.3, -0.25) is 0 Å². The van der Waals surface area contributed by atoms with Crippen LogP contribution >= 0.6 is 0 Å². The Hall–Kier alpha value is -6.00. The summed E-state index contributed by atoms with van der Waals surface area (Å²) in [7, 11) is 0. The summed E-state index contributed by atoms with van der Waals surface area (Å²) in [6.07, 6.45) is 0. The van der Waals surface area contributed by atoms with Gasteiger partial charge in [0, 0.05) is 27.8 Å². The fourth-order valence-electron chi connectivity index (χ4n) is 5.30. The highest BCUT2D eigenvalue weighted by atomic mass is 14.1. The fourth-order valence-corrected chi connectivity index (χ4v) is 5.30. The van der Waals surface area contributed by atoms with Crippen LogP contribution in [-0.4, -0.2) is 0 Å². The molecule has 7 aromatic carbocycles. The molecule has 192 valence electrons. The van der Waals surface area contributed by atoms with E-state index in [1.165, 1.54) is 16.2 Å². The van der Waals surface area contributed by atoms with Gasteiger partial charge in [-0.05, 0) is 62.6 Å². The summed E-state index contributed by atoms with van der Waals surface area (Å²) in [5, 5.41) is 6.94. The quantitative estimate of drug-likeness (QED) is 0.172. The molecule has 0 heterocycles. The van der Waals surface area contributed by atoms with Gasteiger partial charge < -0.3 is 0 Å². The zero-order valence-corrected chi connectivity index (χ0v) is 22.9. The predicted molar refractivity (Wildman–Crippen MR) is 176 cm³/mol. The molecule has 0 fully saturated rings. The molecule has 42 heavy (non-hydrogen) atoms. The summed E-state index contributed by atoms with van der Waals surface area (Å²) in [5.41, 5.74) is 5.53. The molecule has 0 unspecified atom stereocenters. The average Bonchev–Trinajstić information content (AvgIpc) is 3.05. The second-order valence-corrected chi connectivity index (χ2v) is 10.1. The molecule has 0 N–H and O–H groups in total. The summed E-state index contributed by atoms with van der Waals surface area (Å²) in [5.74, 6) is 20.7. The highest BCUT2D eigenvalue weighted by molar-refractivity contribution is 5.90. The molecule has 0 saturated carbocycles. The smallest absolute Gasteiger partial charge is 0.0562 e. The first-order valence-corrected chi connectivity index (χ1v) is 14.0. The summed E-state index contributed by atoms with van der Waals surface area (Å²) >= 11 is 0. The largest absolute Gasteiger partial charge is 0.0616 e. The van der Waals surface area contributed by atoms with Crippen LogP contribution in [0.2, 0.25) is 0 Å². The van der Waals surface area contributed by atoms with E-state index >= 15 is 0 Å². The molecule has 0 aliphatic heterocycles. The van der Waals surface area contributed by atoms with Crippen LogP contribution in [0.4, 0.5) is 0 Å². The molecule has 0 nitrogen and oxygen atoms in total. The summed E-state index contributed by atoms with van der Waals surface area (Å²) in [6, 6.07) is 49.8. The lowest BCUT2D eigenvalue weighted by atomic mass is 9.98. The van der Waals surface area contributed by atoms with Crippen molar-refractivity contribution in [3.63, 3.8) is 0 Å². The van der Waals surface area contributed by atoms with E-state index in [1.807, 2.05) is 18.2 Å². The zero-order chi connectivity index (χ0) is 28.1. The Labute approximate surface area is 246 Å².